The summed E-state index contributed by atoms with van der Waals surface area (Å²) in [7, 11) is 0. The van der Waals surface area contributed by atoms with E-state index >= 15 is 0 Å². The number of halogens is 1. The van der Waals surface area contributed by atoms with Gasteiger partial charge in [0, 0.05) is 24.8 Å². The summed E-state index contributed by atoms with van der Waals surface area (Å²) in [6, 6.07) is 0.465. The maximum Gasteiger partial charge on any atom is 0.254 e. The molecule has 0 bridgehead atoms. The number of hydrogen-bond acceptors (Lipinski definition) is 4. The Morgan fingerprint density at radius 3 is 2.60 bits per heavy atom. The molecule has 1 aromatic heterocycles. The quantitative estimate of drug-likeness (QED) is 0.728. The number of carbonyl (C=O) groups is 2. The van der Waals surface area contributed by atoms with Crippen LogP contribution in [0.4, 0.5) is 0 Å². The molecule has 8 heteroatoms. The molecule has 2 aliphatic rings. The molecule has 1 aliphatic carbocycles. The van der Waals surface area contributed by atoms with Gasteiger partial charge in [-0.1, -0.05) is 19.3 Å². The lowest BCUT2D eigenvalue weighted by Gasteiger charge is -2.23. The van der Waals surface area contributed by atoms with Crippen molar-refractivity contribution in [3.8, 4) is 0 Å². The van der Waals surface area contributed by atoms with Gasteiger partial charge < -0.3 is 16.0 Å². The number of piperidine rings is 1. The molecule has 1 aliphatic heterocycles. The molecule has 3 rings (SSSR count). The smallest absolute Gasteiger partial charge is 0.254 e. The van der Waals surface area contributed by atoms with Crippen molar-refractivity contribution in [1.82, 2.24) is 25.7 Å². The zero-order chi connectivity index (χ0) is 16.8. The molecular formula is C17H28ClN5O2. The second-order valence-corrected chi connectivity index (χ2v) is 6.85. The number of carbonyl (C=O) groups excluding carboxylic acids is 2. The predicted molar refractivity (Wildman–Crippen MR) is 97.8 cm³/mol. The van der Waals surface area contributed by atoms with Crippen molar-refractivity contribution < 1.29 is 9.59 Å². The highest BCUT2D eigenvalue weighted by Gasteiger charge is 2.19. The van der Waals surface area contributed by atoms with Crippen LogP contribution in [0.15, 0.2) is 12.4 Å². The van der Waals surface area contributed by atoms with Gasteiger partial charge in [0.05, 0.1) is 11.8 Å². The van der Waals surface area contributed by atoms with Crippen molar-refractivity contribution in [2.45, 2.75) is 63.6 Å². The molecule has 0 spiro atoms. The molecule has 0 aromatic carbocycles. The second kappa shape index (κ2) is 9.77. The number of hydrogen-bond donors (Lipinski definition) is 3. The van der Waals surface area contributed by atoms with Gasteiger partial charge in [-0.15, -0.1) is 12.4 Å². The molecule has 1 atom stereocenters. The number of amides is 2. The Morgan fingerprint density at radius 1 is 1.12 bits per heavy atom. The van der Waals surface area contributed by atoms with Crippen molar-refractivity contribution in [2.75, 3.05) is 13.1 Å². The second-order valence-electron chi connectivity index (χ2n) is 6.85. The third kappa shape index (κ3) is 6.01. The lowest BCUT2D eigenvalue weighted by Crippen LogP contribution is -2.45. The van der Waals surface area contributed by atoms with E-state index in [0.29, 0.717) is 11.6 Å². The van der Waals surface area contributed by atoms with Crippen molar-refractivity contribution in [1.29, 1.82) is 0 Å². The summed E-state index contributed by atoms with van der Waals surface area (Å²) in [5.74, 6) is -0.156. The fourth-order valence-corrected chi connectivity index (χ4v) is 3.48. The van der Waals surface area contributed by atoms with Gasteiger partial charge in [0.25, 0.3) is 5.91 Å². The lowest BCUT2D eigenvalue weighted by atomic mass is 9.95. The molecular weight excluding hydrogens is 342 g/mol. The van der Waals surface area contributed by atoms with E-state index in [4.69, 9.17) is 0 Å². The Kier molecular flexibility index (Phi) is 7.71. The normalized spacial score (nSPS) is 21.2. The van der Waals surface area contributed by atoms with Gasteiger partial charge in [-0.2, -0.15) is 5.10 Å². The topological polar surface area (TPSA) is 88.1 Å². The van der Waals surface area contributed by atoms with Crippen molar-refractivity contribution in [3.63, 3.8) is 0 Å². The minimum absolute atomic E-state index is 0. The first kappa shape index (κ1) is 19.7. The van der Waals surface area contributed by atoms with Gasteiger partial charge in [-0.3, -0.25) is 14.3 Å². The molecule has 2 heterocycles. The molecule has 1 aromatic rings. The molecule has 7 nitrogen and oxygen atoms in total. The Morgan fingerprint density at radius 2 is 1.88 bits per heavy atom. The summed E-state index contributed by atoms with van der Waals surface area (Å²) in [5, 5.41) is 13.5. The van der Waals surface area contributed by atoms with Gasteiger partial charge in [0.15, 0.2) is 0 Å². The van der Waals surface area contributed by atoms with Gasteiger partial charge in [0.1, 0.15) is 6.54 Å². The first-order chi connectivity index (χ1) is 11.7. The van der Waals surface area contributed by atoms with E-state index in [-0.39, 0.29) is 36.8 Å². The molecule has 140 valence electrons. The highest BCUT2D eigenvalue weighted by atomic mass is 35.5. The van der Waals surface area contributed by atoms with Gasteiger partial charge >= 0.3 is 0 Å². The Bertz CT molecular complexity index is 565. The van der Waals surface area contributed by atoms with E-state index in [1.54, 1.807) is 6.20 Å². The van der Waals surface area contributed by atoms with Gasteiger partial charge in [0.2, 0.25) is 5.91 Å². The zero-order valence-corrected chi connectivity index (χ0v) is 15.3. The van der Waals surface area contributed by atoms with Crippen LogP contribution in [0.2, 0.25) is 0 Å². The SMILES string of the molecule is Cl.O=C(Cn1cc(C(=O)NC2CCCNC2)cn1)NC1CCCCC1. The van der Waals surface area contributed by atoms with E-state index in [1.807, 2.05) is 0 Å². The number of aromatic nitrogens is 2. The molecule has 3 N–H and O–H groups in total. The molecule has 1 saturated carbocycles. The summed E-state index contributed by atoms with van der Waals surface area (Å²) in [5.41, 5.74) is 0.506. The maximum absolute atomic E-state index is 12.2. The number of rotatable bonds is 5. The van der Waals surface area contributed by atoms with Crippen LogP contribution in [-0.2, 0) is 11.3 Å². The molecule has 1 unspecified atom stereocenters. The monoisotopic (exact) mass is 369 g/mol. The summed E-state index contributed by atoms with van der Waals surface area (Å²) < 4.78 is 1.53. The highest BCUT2D eigenvalue weighted by molar-refractivity contribution is 5.94. The first-order valence-electron chi connectivity index (χ1n) is 9.04. The minimum atomic E-state index is -0.123. The Balaban J connectivity index is 0.00000225. The van der Waals surface area contributed by atoms with E-state index < -0.39 is 0 Å². The molecule has 1 saturated heterocycles. The highest BCUT2D eigenvalue weighted by Crippen LogP contribution is 2.17. The predicted octanol–water partition coefficient (Wildman–Crippen LogP) is 1.24. The van der Waals surface area contributed by atoms with Crippen LogP contribution in [0, 0.1) is 0 Å². The average molecular weight is 370 g/mol. The van der Waals surface area contributed by atoms with E-state index in [9.17, 15) is 9.59 Å². The summed E-state index contributed by atoms with van der Waals surface area (Å²) in [4.78, 5) is 24.3. The van der Waals surface area contributed by atoms with Gasteiger partial charge in [-0.05, 0) is 32.2 Å². The molecule has 2 fully saturated rings. The fourth-order valence-electron chi connectivity index (χ4n) is 3.48. The largest absolute Gasteiger partial charge is 0.352 e. The summed E-state index contributed by atoms with van der Waals surface area (Å²) in [6.07, 6.45) is 11.0. The Hall–Kier alpha value is -1.60. The van der Waals surface area contributed by atoms with Gasteiger partial charge in [-0.25, -0.2) is 0 Å². The van der Waals surface area contributed by atoms with Crippen LogP contribution in [0.5, 0.6) is 0 Å². The lowest BCUT2D eigenvalue weighted by molar-refractivity contribution is -0.122. The van der Waals surface area contributed by atoms with Crippen molar-refractivity contribution in [3.05, 3.63) is 18.0 Å². The third-order valence-electron chi connectivity index (χ3n) is 4.80. The van der Waals surface area contributed by atoms with E-state index in [1.165, 1.54) is 30.1 Å². The van der Waals surface area contributed by atoms with Crippen LogP contribution in [-0.4, -0.2) is 46.8 Å². The number of nitrogens with one attached hydrogen (secondary N) is 3. The van der Waals surface area contributed by atoms with Crippen LogP contribution < -0.4 is 16.0 Å². The van der Waals surface area contributed by atoms with Crippen LogP contribution in [0.1, 0.15) is 55.3 Å². The molecule has 0 radical (unpaired) electrons. The fraction of sp³-hybridized carbons (Fsp3) is 0.706. The molecule has 25 heavy (non-hydrogen) atoms. The van der Waals surface area contributed by atoms with E-state index in [2.05, 4.69) is 21.0 Å². The van der Waals surface area contributed by atoms with E-state index in [0.717, 1.165) is 38.8 Å². The summed E-state index contributed by atoms with van der Waals surface area (Å²) in [6.45, 7) is 1.98. The Labute approximate surface area is 154 Å². The first-order valence-corrected chi connectivity index (χ1v) is 9.04. The zero-order valence-electron chi connectivity index (χ0n) is 14.5. The maximum atomic E-state index is 12.2. The molecule has 2 amide bonds. The minimum Gasteiger partial charge on any atom is -0.352 e. The summed E-state index contributed by atoms with van der Waals surface area (Å²) >= 11 is 0. The van der Waals surface area contributed by atoms with Crippen molar-refractivity contribution in [2.24, 2.45) is 0 Å². The van der Waals surface area contributed by atoms with Crippen LogP contribution in [0.3, 0.4) is 0 Å². The number of nitrogens with zero attached hydrogens (tertiary/aromatic N) is 2. The van der Waals surface area contributed by atoms with Crippen molar-refractivity contribution >= 4 is 24.2 Å². The van der Waals surface area contributed by atoms with Crippen LogP contribution in [0.25, 0.3) is 0 Å². The third-order valence-corrected chi connectivity index (χ3v) is 4.80. The standard InChI is InChI=1S/C17H27N5O2.ClH/c23-16(20-14-5-2-1-3-6-14)12-22-11-13(9-19-22)17(24)21-15-7-4-8-18-10-15;/h9,11,14-15,18H,1-8,10,12H2,(H,20,23)(H,21,24);1H. The average Bonchev–Trinajstić information content (AvgIpc) is 3.05. The van der Waals surface area contributed by atoms with Crippen LogP contribution >= 0.6 is 12.4 Å².